The van der Waals surface area contributed by atoms with Gasteiger partial charge in [0.15, 0.2) is 0 Å². The Balaban J connectivity index is 1.79. The van der Waals surface area contributed by atoms with Crippen molar-refractivity contribution in [3.05, 3.63) is 34.9 Å². The molecule has 3 nitrogen and oxygen atoms in total. The summed E-state index contributed by atoms with van der Waals surface area (Å²) in [5.74, 6) is 0.181. The third kappa shape index (κ3) is 2.52. The average molecular weight is 258 g/mol. The van der Waals surface area contributed by atoms with Crippen molar-refractivity contribution >= 4 is 5.91 Å². The summed E-state index contributed by atoms with van der Waals surface area (Å²) < 4.78 is 0. The molecule has 1 aliphatic heterocycles. The average Bonchev–Trinajstić information content (AvgIpc) is 2.99. The van der Waals surface area contributed by atoms with E-state index in [1.165, 1.54) is 24.0 Å². The molecule has 1 N–H and O–H groups in total. The van der Waals surface area contributed by atoms with E-state index in [4.69, 9.17) is 0 Å². The van der Waals surface area contributed by atoms with Gasteiger partial charge < -0.3 is 10.2 Å². The maximum absolute atomic E-state index is 12.5. The molecule has 0 atom stereocenters. The van der Waals surface area contributed by atoms with Gasteiger partial charge in [-0.25, -0.2) is 0 Å². The van der Waals surface area contributed by atoms with Crippen LogP contribution in [0.1, 0.15) is 47.2 Å². The molecule has 0 radical (unpaired) electrons. The van der Waals surface area contributed by atoms with E-state index in [0.29, 0.717) is 6.04 Å². The predicted molar refractivity (Wildman–Crippen MR) is 76.2 cm³/mol. The van der Waals surface area contributed by atoms with Gasteiger partial charge in [0.05, 0.1) is 0 Å². The molecule has 1 fully saturated rings. The third-order valence-electron chi connectivity index (χ3n) is 4.53. The summed E-state index contributed by atoms with van der Waals surface area (Å²) in [6.07, 6.45) is 5.92. The quantitative estimate of drug-likeness (QED) is 0.883. The summed E-state index contributed by atoms with van der Waals surface area (Å²) in [6, 6.07) is 6.65. The molecule has 102 valence electrons. The standard InChI is InChI=1S/C16H22N2O/c1-18(15-4-2-3-5-15)16(19)13-7-6-12-8-9-17-11-14(12)10-13/h6-7,10,15,17H,2-5,8-9,11H2,1H3. The smallest absolute Gasteiger partial charge is 0.253 e. The van der Waals surface area contributed by atoms with E-state index >= 15 is 0 Å². The fraction of sp³-hybridized carbons (Fsp3) is 0.562. The molecule has 3 heteroatoms. The number of hydrogen-bond donors (Lipinski definition) is 1. The van der Waals surface area contributed by atoms with Gasteiger partial charge in [-0.05, 0) is 49.1 Å². The molecule has 1 saturated carbocycles. The lowest BCUT2D eigenvalue weighted by Gasteiger charge is -2.25. The second-order valence-corrected chi connectivity index (χ2v) is 5.76. The molecule has 1 amide bonds. The highest BCUT2D eigenvalue weighted by molar-refractivity contribution is 5.94. The van der Waals surface area contributed by atoms with Crippen molar-refractivity contribution in [2.75, 3.05) is 13.6 Å². The molecule has 2 aliphatic rings. The van der Waals surface area contributed by atoms with Crippen LogP contribution in [-0.2, 0) is 13.0 Å². The van der Waals surface area contributed by atoms with Gasteiger partial charge in [-0.2, -0.15) is 0 Å². The van der Waals surface area contributed by atoms with Crippen LogP contribution in [0.4, 0.5) is 0 Å². The minimum absolute atomic E-state index is 0.181. The number of fused-ring (bicyclic) bond motifs is 1. The Morgan fingerprint density at radius 1 is 1.26 bits per heavy atom. The van der Waals surface area contributed by atoms with E-state index in [-0.39, 0.29) is 5.91 Å². The van der Waals surface area contributed by atoms with Crippen LogP contribution in [0.3, 0.4) is 0 Å². The summed E-state index contributed by atoms with van der Waals surface area (Å²) in [6.45, 7) is 1.94. The number of carbonyl (C=O) groups excluding carboxylic acids is 1. The number of amides is 1. The fourth-order valence-electron chi connectivity index (χ4n) is 3.27. The summed E-state index contributed by atoms with van der Waals surface area (Å²) in [4.78, 5) is 14.5. The lowest BCUT2D eigenvalue weighted by Crippen LogP contribution is -2.35. The van der Waals surface area contributed by atoms with Crippen LogP contribution in [-0.4, -0.2) is 30.4 Å². The topological polar surface area (TPSA) is 32.3 Å². The van der Waals surface area contributed by atoms with Crippen molar-refractivity contribution in [3.8, 4) is 0 Å². The molecule has 1 aromatic rings. The first-order chi connectivity index (χ1) is 9.25. The number of nitrogens with zero attached hydrogens (tertiary/aromatic N) is 1. The Bertz CT molecular complexity index is 478. The van der Waals surface area contributed by atoms with Gasteiger partial charge in [0.1, 0.15) is 0 Å². The molecule has 0 spiro atoms. The third-order valence-corrected chi connectivity index (χ3v) is 4.53. The fourth-order valence-corrected chi connectivity index (χ4v) is 3.27. The molecule has 1 heterocycles. The molecule has 0 saturated heterocycles. The first-order valence-electron chi connectivity index (χ1n) is 7.35. The number of benzene rings is 1. The lowest BCUT2D eigenvalue weighted by molar-refractivity contribution is 0.0735. The Morgan fingerprint density at radius 3 is 2.84 bits per heavy atom. The zero-order chi connectivity index (χ0) is 13.2. The van der Waals surface area contributed by atoms with Crippen LogP contribution < -0.4 is 5.32 Å². The van der Waals surface area contributed by atoms with Crippen molar-refractivity contribution < 1.29 is 4.79 Å². The van der Waals surface area contributed by atoms with E-state index in [0.717, 1.165) is 37.9 Å². The Morgan fingerprint density at radius 2 is 2.05 bits per heavy atom. The van der Waals surface area contributed by atoms with Crippen LogP contribution in [0.2, 0.25) is 0 Å². The molecule has 1 aromatic carbocycles. The molecule has 3 rings (SSSR count). The van der Waals surface area contributed by atoms with E-state index in [9.17, 15) is 4.79 Å². The Kier molecular flexibility index (Phi) is 3.56. The first-order valence-corrected chi connectivity index (χ1v) is 7.35. The van der Waals surface area contributed by atoms with Gasteiger partial charge >= 0.3 is 0 Å². The second kappa shape index (κ2) is 5.33. The van der Waals surface area contributed by atoms with Crippen molar-refractivity contribution in [1.82, 2.24) is 10.2 Å². The maximum atomic E-state index is 12.5. The van der Waals surface area contributed by atoms with Gasteiger partial charge in [-0.3, -0.25) is 4.79 Å². The van der Waals surface area contributed by atoms with E-state index in [2.05, 4.69) is 17.4 Å². The zero-order valence-electron chi connectivity index (χ0n) is 11.6. The summed E-state index contributed by atoms with van der Waals surface area (Å²) >= 11 is 0. The van der Waals surface area contributed by atoms with E-state index in [1.807, 2.05) is 18.0 Å². The van der Waals surface area contributed by atoms with E-state index < -0.39 is 0 Å². The van der Waals surface area contributed by atoms with Gasteiger partial charge in [0.25, 0.3) is 5.91 Å². The molecule has 0 unspecified atom stereocenters. The van der Waals surface area contributed by atoms with Gasteiger partial charge in [-0.15, -0.1) is 0 Å². The van der Waals surface area contributed by atoms with Crippen molar-refractivity contribution in [1.29, 1.82) is 0 Å². The van der Waals surface area contributed by atoms with Crippen molar-refractivity contribution in [3.63, 3.8) is 0 Å². The zero-order valence-corrected chi connectivity index (χ0v) is 11.6. The second-order valence-electron chi connectivity index (χ2n) is 5.76. The lowest BCUT2D eigenvalue weighted by atomic mass is 9.98. The Hall–Kier alpha value is -1.35. The molecule has 0 aromatic heterocycles. The predicted octanol–water partition coefficient (Wildman–Crippen LogP) is 2.35. The number of hydrogen-bond acceptors (Lipinski definition) is 2. The first kappa shape index (κ1) is 12.7. The van der Waals surface area contributed by atoms with Gasteiger partial charge in [-0.1, -0.05) is 18.9 Å². The molecule has 1 aliphatic carbocycles. The minimum atomic E-state index is 0.181. The van der Waals surface area contributed by atoms with Crippen LogP contribution in [0, 0.1) is 0 Å². The largest absolute Gasteiger partial charge is 0.339 e. The summed E-state index contributed by atoms with van der Waals surface area (Å²) in [7, 11) is 1.95. The molecule has 19 heavy (non-hydrogen) atoms. The van der Waals surface area contributed by atoms with E-state index in [1.54, 1.807) is 0 Å². The Labute approximate surface area is 115 Å². The highest BCUT2D eigenvalue weighted by Crippen LogP contribution is 2.24. The normalized spacial score (nSPS) is 19.2. The van der Waals surface area contributed by atoms with Crippen molar-refractivity contribution in [2.45, 2.75) is 44.7 Å². The molecule has 0 bridgehead atoms. The SMILES string of the molecule is CN(C(=O)c1ccc2c(c1)CNCC2)C1CCCC1. The number of nitrogens with one attached hydrogen (secondary N) is 1. The molecular weight excluding hydrogens is 236 g/mol. The highest BCUT2D eigenvalue weighted by atomic mass is 16.2. The number of carbonyl (C=O) groups is 1. The van der Waals surface area contributed by atoms with Crippen LogP contribution in [0.5, 0.6) is 0 Å². The highest BCUT2D eigenvalue weighted by Gasteiger charge is 2.24. The van der Waals surface area contributed by atoms with Gasteiger partial charge in [0, 0.05) is 25.2 Å². The summed E-state index contributed by atoms with van der Waals surface area (Å²) in [5, 5.41) is 3.37. The summed E-state index contributed by atoms with van der Waals surface area (Å²) in [5.41, 5.74) is 3.52. The van der Waals surface area contributed by atoms with Crippen LogP contribution in [0.15, 0.2) is 18.2 Å². The minimum Gasteiger partial charge on any atom is -0.339 e. The molecular formula is C16H22N2O. The van der Waals surface area contributed by atoms with Crippen LogP contribution >= 0.6 is 0 Å². The number of rotatable bonds is 2. The van der Waals surface area contributed by atoms with Crippen LogP contribution in [0.25, 0.3) is 0 Å². The van der Waals surface area contributed by atoms with Gasteiger partial charge in [0.2, 0.25) is 0 Å². The maximum Gasteiger partial charge on any atom is 0.253 e. The van der Waals surface area contributed by atoms with Crippen molar-refractivity contribution in [2.24, 2.45) is 0 Å². The monoisotopic (exact) mass is 258 g/mol.